The Morgan fingerprint density at radius 1 is 1.17 bits per heavy atom. The van der Waals surface area contributed by atoms with Crippen molar-refractivity contribution >= 4 is 0 Å². The summed E-state index contributed by atoms with van der Waals surface area (Å²) in [6.07, 6.45) is 8.26. The third-order valence-corrected chi connectivity index (χ3v) is 5.53. The Balaban J connectivity index is 1.97. The normalized spacial score (nSPS) is 30.3. The number of hydrogen-bond acceptors (Lipinski definition) is 2. The summed E-state index contributed by atoms with van der Waals surface area (Å²) in [5.41, 5.74) is 1.09. The molecule has 2 fully saturated rings. The number of rotatable bonds is 6. The molecule has 0 aromatic carbocycles. The zero-order valence-electron chi connectivity index (χ0n) is 12.9. The van der Waals surface area contributed by atoms with Gasteiger partial charge in [0.05, 0.1) is 0 Å². The molecule has 0 spiro atoms. The molecule has 1 atom stereocenters. The Hall–Kier alpha value is -0.0800. The van der Waals surface area contributed by atoms with Crippen molar-refractivity contribution in [2.45, 2.75) is 77.8 Å². The summed E-state index contributed by atoms with van der Waals surface area (Å²) >= 11 is 0. The number of piperazine rings is 1. The molecule has 1 heterocycles. The molecule has 1 N–H and O–H groups in total. The largest absolute Gasteiger partial charge is 0.308 e. The minimum atomic E-state index is 0.384. The maximum absolute atomic E-state index is 3.81. The van der Waals surface area contributed by atoms with Gasteiger partial charge in [-0.05, 0) is 44.4 Å². The van der Waals surface area contributed by atoms with Crippen molar-refractivity contribution in [1.82, 2.24) is 10.2 Å². The number of hydrogen-bond donors (Lipinski definition) is 1. The third-order valence-electron chi connectivity index (χ3n) is 5.53. The second-order valence-corrected chi connectivity index (χ2v) is 6.87. The fourth-order valence-electron chi connectivity index (χ4n) is 3.65. The van der Waals surface area contributed by atoms with Crippen LogP contribution in [-0.2, 0) is 0 Å². The fourth-order valence-corrected chi connectivity index (χ4v) is 3.65. The second kappa shape index (κ2) is 5.50. The molecule has 1 saturated carbocycles. The van der Waals surface area contributed by atoms with Crippen LogP contribution in [0.3, 0.4) is 0 Å². The van der Waals surface area contributed by atoms with Crippen molar-refractivity contribution in [1.29, 1.82) is 0 Å². The van der Waals surface area contributed by atoms with Crippen LogP contribution in [0.25, 0.3) is 0 Å². The fraction of sp³-hybridized carbons (Fsp3) is 1.00. The molecule has 1 aliphatic heterocycles. The quantitative estimate of drug-likeness (QED) is 0.779. The van der Waals surface area contributed by atoms with Gasteiger partial charge in [0.1, 0.15) is 0 Å². The Morgan fingerprint density at radius 3 is 2.33 bits per heavy atom. The van der Waals surface area contributed by atoms with Crippen LogP contribution < -0.4 is 5.32 Å². The molecule has 106 valence electrons. The van der Waals surface area contributed by atoms with E-state index < -0.39 is 0 Å². The van der Waals surface area contributed by atoms with Crippen molar-refractivity contribution in [2.75, 3.05) is 19.6 Å². The van der Waals surface area contributed by atoms with Gasteiger partial charge in [-0.25, -0.2) is 0 Å². The number of nitrogens with one attached hydrogen (secondary N) is 1. The zero-order valence-corrected chi connectivity index (χ0v) is 12.9. The summed E-state index contributed by atoms with van der Waals surface area (Å²) < 4.78 is 0. The summed E-state index contributed by atoms with van der Waals surface area (Å²) in [6, 6.07) is 0.713. The number of nitrogens with zero attached hydrogens (tertiary/aromatic N) is 1. The summed E-state index contributed by atoms with van der Waals surface area (Å²) in [5.74, 6) is 0. The van der Waals surface area contributed by atoms with Gasteiger partial charge in [0.15, 0.2) is 0 Å². The summed E-state index contributed by atoms with van der Waals surface area (Å²) in [5, 5.41) is 3.81. The first kappa shape index (κ1) is 14.3. The Kier molecular flexibility index (Phi) is 4.38. The minimum Gasteiger partial charge on any atom is -0.308 e. The smallest absolute Gasteiger partial charge is 0.0304 e. The van der Waals surface area contributed by atoms with E-state index in [0.717, 1.165) is 0 Å². The van der Waals surface area contributed by atoms with Crippen molar-refractivity contribution in [3.63, 3.8) is 0 Å². The van der Waals surface area contributed by atoms with Gasteiger partial charge in [-0.15, -0.1) is 0 Å². The second-order valence-electron chi connectivity index (χ2n) is 6.87. The van der Waals surface area contributed by atoms with Gasteiger partial charge in [-0.1, -0.05) is 27.2 Å². The standard InChI is InChI=1S/C16H32N2/c1-5-8-15(9-10-15)12-18-13-16(6-2,7-3)17-11-14(18)4/h14,17H,5-13H2,1-4H3. The molecule has 0 aromatic rings. The van der Waals surface area contributed by atoms with Crippen LogP contribution in [-0.4, -0.2) is 36.1 Å². The van der Waals surface area contributed by atoms with E-state index in [2.05, 4.69) is 37.9 Å². The van der Waals surface area contributed by atoms with Crippen LogP contribution in [0.2, 0.25) is 0 Å². The van der Waals surface area contributed by atoms with E-state index in [1.165, 1.54) is 58.2 Å². The van der Waals surface area contributed by atoms with Crippen molar-refractivity contribution in [2.24, 2.45) is 5.41 Å². The maximum atomic E-state index is 3.81. The van der Waals surface area contributed by atoms with Gasteiger partial charge in [0.2, 0.25) is 0 Å². The van der Waals surface area contributed by atoms with Gasteiger partial charge < -0.3 is 5.32 Å². The Labute approximate surface area is 114 Å². The molecule has 18 heavy (non-hydrogen) atoms. The van der Waals surface area contributed by atoms with Crippen LogP contribution in [0.15, 0.2) is 0 Å². The average Bonchev–Trinajstić information content (AvgIpc) is 3.13. The molecule has 0 radical (unpaired) electrons. The maximum Gasteiger partial charge on any atom is 0.0304 e. The average molecular weight is 252 g/mol. The zero-order chi connectivity index (χ0) is 13.2. The molecule has 0 bridgehead atoms. The van der Waals surface area contributed by atoms with Crippen molar-refractivity contribution < 1.29 is 0 Å². The van der Waals surface area contributed by atoms with Crippen molar-refractivity contribution in [3.05, 3.63) is 0 Å². The summed E-state index contributed by atoms with van der Waals surface area (Å²) in [4.78, 5) is 2.78. The third kappa shape index (κ3) is 2.91. The molecule has 2 aliphatic rings. The molecule has 2 rings (SSSR count). The lowest BCUT2D eigenvalue weighted by Gasteiger charge is -2.47. The SMILES string of the molecule is CCCC1(CN2CC(CC)(CC)NCC2C)CC1. The summed E-state index contributed by atoms with van der Waals surface area (Å²) in [7, 11) is 0. The monoisotopic (exact) mass is 252 g/mol. The Morgan fingerprint density at radius 2 is 1.83 bits per heavy atom. The van der Waals surface area contributed by atoms with E-state index in [1.807, 2.05) is 0 Å². The summed E-state index contributed by atoms with van der Waals surface area (Å²) in [6.45, 7) is 13.2. The lowest BCUT2D eigenvalue weighted by atomic mass is 9.87. The highest BCUT2D eigenvalue weighted by Gasteiger charge is 2.45. The van der Waals surface area contributed by atoms with Gasteiger partial charge in [-0.2, -0.15) is 0 Å². The van der Waals surface area contributed by atoms with Crippen LogP contribution in [0.1, 0.15) is 66.2 Å². The molecule has 0 amide bonds. The van der Waals surface area contributed by atoms with Crippen LogP contribution in [0, 0.1) is 5.41 Å². The van der Waals surface area contributed by atoms with E-state index in [1.54, 1.807) is 0 Å². The Bertz CT molecular complexity index is 266. The van der Waals surface area contributed by atoms with E-state index in [4.69, 9.17) is 0 Å². The van der Waals surface area contributed by atoms with Crippen molar-refractivity contribution in [3.8, 4) is 0 Å². The first-order valence-electron chi connectivity index (χ1n) is 8.08. The molecule has 2 nitrogen and oxygen atoms in total. The highest BCUT2D eigenvalue weighted by molar-refractivity contribution is 5.01. The molecule has 1 unspecified atom stereocenters. The first-order chi connectivity index (χ1) is 8.59. The first-order valence-corrected chi connectivity index (χ1v) is 8.08. The molecule has 0 aromatic heterocycles. The molecular formula is C16H32N2. The minimum absolute atomic E-state index is 0.384. The highest BCUT2D eigenvalue weighted by atomic mass is 15.3. The topological polar surface area (TPSA) is 15.3 Å². The highest BCUT2D eigenvalue weighted by Crippen LogP contribution is 2.50. The van der Waals surface area contributed by atoms with Gasteiger partial charge in [0, 0.05) is 31.2 Å². The molecular weight excluding hydrogens is 220 g/mol. The van der Waals surface area contributed by atoms with E-state index in [0.29, 0.717) is 17.0 Å². The van der Waals surface area contributed by atoms with E-state index in [-0.39, 0.29) is 0 Å². The van der Waals surface area contributed by atoms with Crippen LogP contribution in [0.4, 0.5) is 0 Å². The van der Waals surface area contributed by atoms with E-state index in [9.17, 15) is 0 Å². The van der Waals surface area contributed by atoms with E-state index >= 15 is 0 Å². The molecule has 2 heteroatoms. The lowest BCUT2D eigenvalue weighted by Crippen LogP contribution is -2.63. The van der Waals surface area contributed by atoms with Crippen LogP contribution >= 0.6 is 0 Å². The predicted molar refractivity (Wildman–Crippen MR) is 78.9 cm³/mol. The molecule has 1 saturated heterocycles. The van der Waals surface area contributed by atoms with Gasteiger partial charge >= 0.3 is 0 Å². The predicted octanol–water partition coefficient (Wildman–Crippen LogP) is 3.42. The molecule has 1 aliphatic carbocycles. The van der Waals surface area contributed by atoms with Gasteiger partial charge in [-0.3, -0.25) is 4.90 Å². The van der Waals surface area contributed by atoms with Crippen LogP contribution in [0.5, 0.6) is 0 Å². The lowest BCUT2D eigenvalue weighted by molar-refractivity contribution is 0.0610. The van der Waals surface area contributed by atoms with Gasteiger partial charge in [0.25, 0.3) is 0 Å².